The van der Waals surface area contributed by atoms with Crippen LogP contribution in [0.3, 0.4) is 0 Å². The maximum absolute atomic E-state index is 11.7. The number of anilines is 2. The fraction of sp³-hybridized carbons (Fsp3) is 0.455. The number of nitrogen functional groups attached to an aromatic ring is 1. The number of hydrogen-bond acceptors (Lipinski definition) is 4. The maximum Gasteiger partial charge on any atom is 0.241 e. The molecule has 0 radical (unpaired) electrons. The second kappa shape index (κ2) is 4.38. The van der Waals surface area contributed by atoms with Crippen molar-refractivity contribution in [1.29, 1.82) is 0 Å². The number of carbonyl (C=O) groups is 1. The van der Waals surface area contributed by atoms with E-state index in [0.717, 1.165) is 25.3 Å². The quantitative estimate of drug-likeness (QED) is 0.741. The first kappa shape index (κ1) is 10.7. The molecule has 0 spiro atoms. The van der Waals surface area contributed by atoms with Gasteiger partial charge in [-0.15, -0.1) is 0 Å². The van der Waals surface area contributed by atoms with Crippen molar-refractivity contribution in [3.63, 3.8) is 0 Å². The molecule has 0 aromatic carbocycles. The molecule has 0 unspecified atom stereocenters. The van der Waals surface area contributed by atoms with Crippen molar-refractivity contribution in [2.75, 3.05) is 37.3 Å². The van der Waals surface area contributed by atoms with E-state index >= 15 is 0 Å². The Morgan fingerprint density at radius 1 is 1.38 bits per heavy atom. The zero-order valence-corrected chi connectivity index (χ0v) is 9.39. The first-order valence-corrected chi connectivity index (χ1v) is 5.37. The van der Waals surface area contributed by atoms with Gasteiger partial charge in [-0.1, -0.05) is 0 Å². The highest BCUT2D eigenvalue weighted by Gasteiger charge is 2.19. The summed E-state index contributed by atoms with van der Waals surface area (Å²) in [5, 5.41) is 0. The lowest BCUT2D eigenvalue weighted by molar-refractivity contribution is -0.127. The summed E-state index contributed by atoms with van der Waals surface area (Å²) in [7, 11) is 1.84. The third-order valence-corrected chi connectivity index (χ3v) is 2.77. The number of carbonyl (C=O) groups excluding carboxylic acids is 1. The molecule has 2 rings (SSSR count). The first-order valence-electron chi connectivity index (χ1n) is 5.37. The maximum atomic E-state index is 11.7. The molecule has 2 heterocycles. The third kappa shape index (κ3) is 2.24. The summed E-state index contributed by atoms with van der Waals surface area (Å²) in [5.41, 5.74) is 6.22. The Hall–Kier alpha value is -1.78. The van der Waals surface area contributed by atoms with E-state index in [0.29, 0.717) is 12.2 Å². The van der Waals surface area contributed by atoms with Gasteiger partial charge in [0.1, 0.15) is 5.82 Å². The predicted octanol–water partition coefficient (Wildman–Crippen LogP) is 0.332. The van der Waals surface area contributed by atoms with Crippen molar-refractivity contribution in [3.05, 3.63) is 18.3 Å². The fourth-order valence-electron chi connectivity index (χ4n) is 1.77. The van der Waals surface area contributed by atoms with Crippen molar-refractivity contribution >= 4 is 17.4 Å². The van der Waals surface area contributed by atoms with Crippen LogP contribution in [0.15, 0.2) is 18.3 Å². The Morgan fingerprint density at radius 2 is 2.19 bits per heavy atom. The Bertz CT molecular complexity index is 376. The smallest absolute Gasteiger partial charge is 0.241 e. The normalized spacial score (nSPS) is 17.4. The topological polar surface area (TPSA) is 62.5 Å². The minimum absolute atomic E-state index is 0.135. The molecule has 0 aliphatic carbocycles. The lowest BCUT2D eigenvalue weighted by Crippen LogP contribution is -2.34. The lowest BCUT2D eigenvalue weighted by atomic mass is 10.3. The molecule has 1 fully saturated rings. The van der Waals surface area contributed by atoms with E-state index < -0.39 is 0 Å². The van der Waals surface area contributed by atoms with Gasteiger partial charge in [0, 0.05) is 20.1 Å². The third-order valence-electron chi connectivity index (χ3n) is 2.77. The van der Waals surface area contributed by atoms with Crippen LogP contribution in [0.2, 0.25) is 0 Å². The molecule has 1 saturated heterocycles. The number of hydrogen-bond donors (Lipinski definition) is 1. The molecular weight excluding hydrogens is 204 g/mol. The van der Waals surface area contributed by atoms with Crippen LogP contribution in [0.25, 0.3) is 0 Å². The molecule has 1 aliphatic heterocycles. The van der Waals surface area contributed by atoms with Crippen molar-refractivity contribution in [3.8, 4) is 0 Å². The highest BCUT2D eigenvalue weighted by molar-refractivity contribution is 5.81. The van der Waals surface area contributed by atoms with Crippen molar-refractivity contribution in [2.24, 2.45) is 0 Å². The summed E-state index contributed by atoms with van der Waals surface area (Å²) >= 11 is 0. The first-order chi connectivity index (χ1) is 7.66. The van der Waals surface area contributed by atoms with Gasteiger partial charge in [-0.05, 0) is 18.6 Å². The molecule has 0 saturated carbocycles. The molecular formula is C11H16N4O. The summed E-state index contributed by atoms with van der Waals surface area (Å²) in [4.78, 5) is 19.7. The molecule has 1 aromatic heterocycles. The van der Waals surface area contributed by atoms with Crippen molar-refractivity contribution < 1.29 is 4.79 Å². The second-order valence-electron chi connectivity index (χ2n) is 4.04. The molecule has 1 amide bonds. The number of pyridine rings is 1. The zero-order chi connectivity index (χ0) is 11.5. The summed E-state index contributed by atoms with van der Waals surface area (Å²) in [6.07, 6.45) is 2.59. The Morgan fingerprint density at radius 3 is 2.88 bits per heavy atom. The van der Waals surface area contributed by atoms with E-state index in [-0.39, 0.29) is 5.91 Å². The minimum atomic E-state index is 0.135. The minimum Gasteiger partial charge on any atom is -0.397 e. The summed E-state index contributed by atoms with van der Waals surface area (Å²) < 4.78 is 0. The van der Waals surface area contributed by atoms with E-state index in [1.54, 1.807) is 17.2 Å². The highest BCUT2D eigenvalue weighted by atomic mass is 16.2. The van der Waals surface area contributed by atoms with E-state index in [4.69, 9.17) is 5.73 Å². The molecule has 1 aromatic rings. The molecule has 86 valence electrons. The largest absolute Gasteiger partial charge is 0.397 e. The molecule has 2 N–H and O–H groups in total. The van der Waals surface area contributed by atoms with Crippen molar-refractivity contribution in [2.45, 2.75) is 6.42 Å². The van der Waals surface area contributed by atoms with Crippen LogP contribution in [-0.4, -0.2) is 42.5 Å². The standard InChI is InChI=1S/C11H16N4O/c1-14-5-2-6-15(8-11(14)16)10-4-3-9(12)7-13-10/h3-4,7H,2,5-6,8,12H2,1H3. The van der Waals surface area contributed by atoms with Crippen LogP contribution in [0.4, 0.5) is 11.5 Å². The fourth-order valence-corrected chi connectivity index (χ4v) is 1.77. The van der Waals surface area contributed by atoms with Gasteiger partial charge in [0.25, 0.3) is 0 Å². The van der Waals surface area contributed by atoms with Gasteiger partial charge in [0.2, 0.25) is 5.91 Å². The molecule has 0 bridgehead atoms. The summed E-state index contributed by atoms with van der Waals surface area (Å²) in [6.45, 7) is 2.06. The van der Waals surface area contributed by atoms with Gasteiger partial charge < -0.3 is 15.5 Å². The van der Waals surface area contributed by atoms with E-state index in [9.17, 15) is 4.79 Å². The van der Waals surface area contributed by atoms with Gasteiger partial charge in [-0.3, -0.25) is 4.79 Å². The molecule has 5 nitrogen and oxygen atoms in total. The Labute approximate surface area is 94.9 Å². The number of aromatic nitrogens is 1. The summed E-state index contributed by atoms with van der Waals surface area (Å²) in [6, 6.07) is 3.66. The van der Waals surface area contributed by atoms with Crippen molar-refractivity contribution in [1.82, 2.24) is 9.88 Å². The SMILES string of the molecule is CN1CCCN(c2ccc(N)cn2)CC1=O. The number of nitrogens with two attached hydrogens (primary N) is 1. The zero-order valence-electron chi connectivity index (χ0n) is 9.39. The average Bonchev–Trinajstić information content (AvgIpc) is 2.43. The van der Waals surface area contributed by atoms with Crippen LogP contribution < -0.4 is 10.6 Å². The van der Waals surface area contributed by atoms with Gasteiger partial charge in [-0.2, -0.15) is 0 Å². The van der Waals surface area contributed by atoms with E-state index in [1.165, 1.54) is 0 Å². The van der Waals surface area contributed by atoms with Gasteiger partial charge in [0.05, 0.1) is 18.4 Å². The number of amides is 1. The monoisotopic (exact) mass is 220 g/mol. The molecule has 0 atom stereocenters. The van der Waals surface area contributed by atoms with Crippen LogP contribution in [0, 0.1) is 0 Å². The predicted molar refractivity (Wildman–Crippen MR) is 63.1 cm³/mol. The van der Waals surface area contributed by atoms with Crippen LogP contribution in [0.5, 0.6) is 0 Å². The average molecular weight is 220 g/mol. The Balaban J connectivity index is 2.14. The van der Waals surface area contributed by atoms with Crippen LogP contribution in [-0.2, 0) is 4.79 Å². The van der Waals surface area contributed by atoms with Crippen LogP contribution in [0.1, 0.15) is 6.42 Å². The summed E-state index contributed by atoms with van der Waals surface area (Å²) in [5.74, 6) is 0.953. The second-order valence-corrected chi connectivity index (χ2v) is 4.04. The number of nitrogens with zero attached hydrogens (tertiary/aromatic N) is 3. The number of rotatable bonds is 1. The molecule has 5 heteroatoms. The number of likely N-dealkylation sites (N-methyl/N-ethyl adjacent to an activating group) is 1. The van der Waals surface area contributed by atoms with Gasteiger partial charge in [-0.25, -0.2) is 4.98 Å². The highest BCUT2D eigenvalue weighted by Crippen LogP contribution is 2.14. The molecule has 1 aliphatic rings. The molecule has 16 heavy (non-hydrogen) atoms. The van der Waals surface area contributed by atoms with Gasteiger partial charge in [0.15, 0.2) is 0 Å². The van der Waals surface area contributed by atoms with Crippen LogP contribution >= 0.6 is 0 Å². The Kier molecular flexibility index (Phi) is 2.94. The van der Waals surface area contributed by atoms with E-state index in [2.05, 4.69) is 4.98 Å². The lowest BCUT2D eigenvalue weighted by Gasteiger charge is -2.20. The van der Waals surface area contributed by atoms with E-state index in [1.807, 2.05) is 18.0 Å². The van der Waals surface area contributed by atoms with Gasteiger partial charge >= 0.3 is 0 Å².